The molecule has 1 saturated heterocycles. The molecule has 0 aliphatic carbocycles. The third-order valence-corrected chi connectivity index (χ3v) is 4.49. The minimum absolute atomic E-state index is 0.543. The lowest BCUT2D eigenvalue weighted by Gasteiger charge is -2.42. The third kappa shape index (κ3) is 3.12. The fourth-order valence-electron chi connectivity index (χ4n) is 3.37. The van der Waals surface area contributed by atoms with Crippen LogP contribution in [0.5, 0.6) is 0 Å². The molecule has 0 saturated carbocycles. The minimum Gasteiger partial charge on any atom is -0.355 e. The van der Waals surface area contributed by atoms with Crippen molar-refractivity contribution in [2.75, 3.05) is 11.4 Å². The van der Waals surface area contributed by atoms with Crippen molar-refractivity contribution in [1.82, 2.24) is 4.90 Å². The molecule has 0 aromatic heterocycles. The molecular weight excluding hydrogens is 251 g/mol. The van der Waals surface area contributed by atoms with Gasteiger partial charge in [-0.05, 0) is 51.9 Å². The van der Waals surface area contributed by atoms with E-state index in [1.165, 1.54) is 30.4 Å². The number of rotatable bonds is 4. The summed E-state index contributed by atoms with van der Waals surface area (Å²) in [7, 11) is 2.88. The van der Waals surface area contributed by atoms with Gasteiger partial charge in [0.15, 0.2) is 0 Å². The number of benzene rings is 1. The second-order valence-corrected chi connectivity index (χ2v) is 6.63. The Hall–Kier alpha value is -0.590. The Bertz CT molecular complexity index is 409. The molecule has 106 valence electrons. The number of hydrogen-bond donors (Lipinski definition) is 0. The summed E-state index contributed by atoms with van der Waals surface area (Å²) < 4.78 is 0. The Balaban J connectivity index is 2.28. The molecule has 1 aliphatic rings. The quantitative estimate of drug-likeness (QED) is 0.780. The van der Waals surface area contributed by atoms with Gasteiger partial charge in [-0.15, -0.1) is 9.24 Å². The maximum Gasteiger partial charge on any atom is 0.0826 e. The normalized spacial score (nSPS) is 20.0. The first-order valence-corrected chi connectivity index (χ1v) is 7.98. The lowest BCUT2D eigenvalue weighted by atomic mass is 10.1. The van der Waals surface area contributed by atoms with Gasteiger partial charge in [0.1, 0.15) is 0 Å². The van der Waals surface area contributed by atoms with Gasteiger partial charge in [0.25, 0.3) is 0 Å². The van der Waals surface area contributed by atoms with E-state index in [2.05, 4.69) is 71.0 Å². The minimum atomic E-state index is 0.543. The fraction of sp³-hybridized carbons (Fsp3) is 0.625. The highest BCUT2D eigenvalue weighted by Gasteiger charge is 2.33. The zero-order chi connectivity index (χ0) is 14.0. The maximum absolute atomic E-state index is 2.88. The van der Waals surface area contributed by atoms with E-state index >= 15 is 0 Å². The summed E-state index contributed by atoms with van der Waals surface area (Å²) in [6.45, 7) is 10.4. The molecule has 0 radical (unpaired) electrons. The van der Waals surface area contributed by atoms with Gasteiger partial charge in [-0.25, -0.2) is 0 Å². The highest BCUT2D eigenvalue weighted by Crippen LogP contribution is 2.29. The van der Waals surface area contributed by atoms with Crippen LogP contribution in [0.3, 0.4) is 0 Å². The first-order valence-electron chi connectivity index (χ1n) is 7.41. The Kier molecular flexibility index (Phi) is 4.86. The molecule has 19 heavy (non-hydrogen) atoms. The van der Waals surface area contributed by atoms with Crippen molar-refractivity contribution in [3.8, 4) is 0 Å². The van der Waals surface area contributed by atoms with Gasteiger partial charge in [0.2, 0.25) is 0 Å². The summed E-state index contributed by atoms with van der Waals surface area (Å²) in [5, 5.41) is 1.31. The van der Waals surface area contributed by atoms with Crippen molar-refractivity contribution in [3.63, 3.8) is 0 Å². The molecule has 1 aromatic rings. The number of para-hydroxylation sites is 1. The number of nitrogens with zero attached hydrogens (tertiary/aromatic N) is 2. The van der Waals surface area contributed by atoms with Gasteiger partial charge in [-0.1, -0.05) is 18.2 Å². The highest BCUT2D eigenvalue weighted by atomic mass is 31.0. The summed E-state index contributed by atoms with van der Waals surface area (Å²) in [5.41, 5.74) is 1.38. The largest absolute Gasteiger partial charge is 0.355 e. The molecule has 0 N–H and O–H groups in total. The third-order valence-electron chi connectivity index (χ3n) is 4.00. The van der Waals surface area contributed by atoms with E-state index in [9.17, 15) is 0 Å². The molecule has 1 aliphatic heterocycles. The van der Waals surface area contributed by atoms with E-state index in [4.69, 9.17) is 0 Å². The molecule has 1 heterocycles. The van der Waals surface area contributed by atoms with Crippen LogP contribution in [0.4, 0.5) is 5.69 Å². The van der Waals surface area contributed by atoms with Crippen LogP contribution in [0.15, 0.2) is 24.3 Å². The molecule has 2 unspecified atom stereocenters. The number of hydrogen-bond acceptors (Lipinski definition) is 2. The predicted octanol–water partition coefficient (Wildman–Crippen LogP) is 3.23. The fourth-order valence-corrected chi connectivity index (χ4v) is 3.75. The van der Waals surface area contributed by atoms with E-state index in [0.29, 0.717) is 18.2 Å². The molecule has 1 fully saturated rings. The molecular formula is C16H27N2P. The van der Waals surface area contributed by atoms with Crippen molar-refractivity contribution in [1.29, 1.82) is 0 Å². The highest BCUT2D eigenvalue weighted by molar-refractivity contribution is 7.28. The Morgan fingerprint density at radius 3 is 2.37 bits per heavy atom. The summed E-state index contributed by atoms with van der Waals surface area (Å²) >= 11 is 0. The van der Waals surface area contributed by atoms with Crippen LogP contribution in [-0.4, -0.2) is 29.7 Å². The maximum atomic E-state index is 2.88. The Morgan fingerprint density at radius 2 is 1.79 bits per heavy atom. The standard InChI is InChI=1S/C16H27N2P/c1-12(2)18(13(3)4)16-10-7-11-17(16)14-8-5-6-9-15(14)19/h5-6,8-9,12-13,16H,7,10-11,19H2,1-4H3. The zero-order valence-electron chi connectivity index (χ0n) is 12.6. The van der Waals surface area contributed by atoms with Gasteiger partial charge in [-0.2, -0.15) is 0 Å². The van der Waals surface area contributed by atoms with E-state index in [-0.39, 0.29) is 0 Å². The van der Waals surface area contributed by atoms with E-state index < -0.39 is 0 Å². The molecule has 1 aromatic carbocycles. The molecule has 0 bridgehead atoms. The average Bonchev–Trinajstić information content (AvgIpc) is 2.77. The lowest BCUT2D eigenvalue weighted by molar-refractivity contribution is 0.117. The van der Waals surface area contributed by atoms with E-state index in [1.54, 1.807) is 0 Å². The zero-order valence-corrected chi connectivity index (χ0v) is 13.8. The van der Waals surface area contributed by atoms with Crippen molar-refractivity contribution >= 4 is 20.2 Å². The molecule has 0 spiro atoms. The average molecular weight is 278 g/mol. The van der Waals surface area contributed by atoms with Crippen LogP contribution in [0.1, 0.15) is 40.5 Å². The lowest BCUT2D eigenvalue weighted by Crippen LogP contribution is -2.52. The molecule has 3 heteroatoms. The van der Waals surface area contributed by atoms with Crippen molar-refractivity contribution in [3.05, 3.63) is 24.3 Å². The summed E-state index contributed by atoms with van der Waals surface area (Å²) in [4.78, 5) is 5.23. The summed E-state index contributed by atoms with van der Waals surface area (Å²) in [6.07, 6.45) is 3.11. The van der Waals surface area contributed by atoms with Crippen LogP contribution in [0, 0.1) is 0 Å². The van der Waals surface area contributed by atoms with Crippen LogP contribution in [-0.2, 0) is 0 Å². The predicted molar refractivity (Wildman–Crippen MR) is 88.3 cm³/mol. The molecule has 2 rings (SSSR count). The second-order valence-electron chi connectivity index (χ2n) is 6.01. The first kappa shape index (κ1) is 14.8. The van der Waals surface area contributed by atoms with Crippen LogP contribution < -0.4 is 10.2 Å². The van der Waals surface area contributed by atoms with Gasteiger partial charge < -0.3 is 4.90 Å². The van der Waals surface area contributed by atoms with Gasteiger partial charge in [0, 0.05) is 24.3 Å². The number of anilines is 1. The topological polar surface area (TPSA) is 6.48 Å². The summed E-state index contributed by atoms with van der Waals surface area (Å²) in [5.74, 6) is 0. The summed E-state index contributed by atoms with van der Waals surface area (Å²) in [6, 6.07) is 9.86. The van der Waals surface area contributed by atoms with Crippen LogP contribution in [0.2, 0.25) is 0 Å². The smallest absolute Gasteiger partial charge is 0.0826 e. The van der Waals surface area contributed by atoms with Crippen molar-refractivity contribution in [2.24, 2.45) is 0 Å². The SMILES string of the molecule is CC(C)N(C(C)C)C1CCCN1c1ccccc1P. The molecule has 2 atom stereocenters. The molecule has 2 nitrogen and oxygen atoms in total. The van der Waals surface area contributed by atoms with Gasteiger partial charge >= 0.3 is 0 Å². The second kappa shape index (κ2) is 6.24. The van der Waals surface area contributed by atoms with Crippen molar-refractivity contribution in [2.45, 2.75) is 58.8 Å². The van der Waals surface area contributed by atoms with Crippen LogP contribution >= 0.6 is 9.24 Å². The first-order chi connectivity index (χ1) is 9.02. The monoisotopic (exact) mass is 278 g/mol. The van der Waals surface area contributed by atoms with Gasteiger partial charge in [0.05, 0.1) is 6.17 Å². The Labute approximate surface area is 120 Å². The van der Waals surface area contributed by atoms with Crippen molar-refractivity contribution < 1.29 is 0 Å². The molecule has 0 amide bonds. The van der Waals surface area contributed by atoms with E-state index in [0.717, 1.165) is 0 Å². The van der Waals surface area contributed by atoms with Crippen LogP contribution in [0.25, 0.3) is 0 Å². The van der Waals surface area contributed by atoms with Gasteiger partial charge in [-0.3, -0.25) is 4.90 Å². The van der Waals surface area contributed by atoms with E-state index in [1.807, 2.05) is 0 Å². The Morgan fingerprint density at radius 1 is 1.16 bits per heavy atom.